The predicted octanol–water partition coefficient (Wildman–Crippen LogP) is 3.07. The second-order valence-electron chi connectivity index (χ2n) is 6.22. The summed E-state index contributed by atoms with van der Waals surface area (Å²) in [6.45, 7) is 0. The molecule has 1 fully saturated rings. The third-order valence-electron chi connectivity index (χ3n) is 4.34. The molecule has 0 spiro atoms. The number of rotatable bonds is 4. The Bertz CT molecular complexity index is 804. The van der Waals surface area contributed by atoms with Gasteiger partial charge in [-0.3, -0.25) is 9.48 Å². The van der Waals surface area contributed by atoms with E-state index in [0.717, 1.165) is 25.7 Å². The quantitative estimate of drug-likeness (QED) is 0.910. The smallest absolute Gasteiger partial charge is 0.254 e. The van der Waals surface area contributed by atoms with Crippen molar-refractivity contribution in [3.8, 4) is 11.8 Å². The lowest BCUT2D eigenvalue weighted by Crippen LogP contribution is -2.39. The highest BCUT2D eigenvalue weighted by atomic mass is 35.5. The summed E-state index contributed by atoms with van der Waals surface area (Å²) >= 11 is 6.03. The molecular weight excluding hydrogens is 340 g/mol. The van der Waals surface area contributed by atoms with E-state index in [9.17, 15) is 4.79 Å². The summed E-state index contributed by atoms with van der Waals surface area (Å²) in [5.41, 5.74) is 1.02. The van der Waals surface area contributed by atoms with Crippen molar-refractivity contribution in [1.29, 1.82) is 5.26 Å². The van der Waals surface area contributed by atoms with E-state index in [1.807, 2.05) is 6.07 Å². The van der Waals surface area contributed by atoms with Crippen LogP contribution in [0.5, 0.6) is 5.75 Å². The van der Waals surface area contributed by atoms with Crippen molar-refractivity contribution < 1.29 is 9.53 Å². The van der Waals surface area contributed by atoms with E-state index < -0.39 is 0 Å². The topological polar surface area (TPSA) is 79.9 Å². The summed E-state index contributed by atoms with van der Waals surface area (Å²) in [5, 5.41) is 16.4. The maximum Gasteiger partial charge on any atom is 0.254 e. The average Bonchev–Trinajstić information content (AvgIpc) is 3.03. The number of halogens is 1. The summed E-state index contributed by atoms with van der Waals surface area (Å²) in [7, 11) is 1.79. The standard InChI is InChI=1S/C18H19ClN4O2/c1-23-11-13(10-21-23)18(24)22-14-3-6-15(7-4-14)25-16-5-2-12(9-20)17(19)8-16/h2,5,8,10-11,14-15H,3-4,6-7H2,1H3,(H,22,24). The molecular formula is C18H19ClN4O2. The van der Waals surface area contributed by atoms with Crippen LogP contribution in [0.15, 0.2) is 30.6 Å². The van der Waals surface area contributed by atoms with Crippen LogP contribution < -0.4 is 10.1 Å². The van der Waals surface area contributed by atoms with Crippen LogP contribution >= 0.6 is 11.6 Å². The average molecular weight is 359 g/mol. The van der Waals surface area contributed by atoms with Crippen LogP contribution in [0.25, 0.3) is 0 Å². The van der Waals surface area contributed by atoms with Gasteiger partial charge in [0.25, 0.3) is 5.91 Å². The maximum atomic E-state index is 12.2. The fraction of sp³-hybridized carbons (Fsp3) is 0.389. The Morgan fingerprint density at radius 3 is 2.76 bits per heavy atom. The first kappa shape index (κ1) is 17.3. The van der Waals surface area contributed by atoms with Crippen molar-refractivity contribution in [1.82, 2.24) is 15.1 Å². The number of aromatic nitrogens is 2. The Kier molecular flexibility index (Phi) is 5.25. The minimum absolute atomic E-state index is 0.0867. The van der Waals surface area contributed by atoms with Crippen LogP contribution in [0.3, 0.4) is 0 Å². The van der Waals surface area contributed by atoms with Crippen molar-refractivity contribution in [2.75, 3.05) is 0 Å². The molecule has 1 aromatic carbocycles. The van der Waals surface area contributed by atoms with Crippen LogP contribution in [-0.4, -0.2) is 27.8 Å². The van der Waals surface area contributed by atoms with Gasteiger partial charge in [-0.1, -0.05) is 11.6 Å². The molecule has 7 heteroatoms. The summed E-state index contributed by atoms with van der Waals surface area (Å²) in [4.78, 5) is 12.2. The van der Waals surface area contributed by atoms with Gasteiger partial charge in [0.2, 0.25) is 0 Å². The van der Waals surface area contributed by atoms with Gasteiger partial charge in [-0.05, 0) is 37.8 Å². The lowest BCUT2D eigenvalue weighted by Gasteiger charge is -2.29. The zero-order valence-electron chi connectivity index (χ0n) is 13.9. The number of nitrogens with zero attached hydrogens (tertiary/aromatic N) is 3. The van der Waals surface area contributed by atoms with Crippen molar-refractivity contribution in [2.45, 2.75) is 37.8 Å². The normalized spacial score (nSPS) is 19.9. The Morgan fingerprint density at radius 2 is 2.16 bits per heavy atom. The number of benzene rings is 1. The molecule has 1 N–H and O–H groups in total. The molecule has 6 nitrogen and oxygen atoms in total. The van der Waals surface area contributed by atoms with E-state index >= 15 is 0 Å². The fourth-order valence-electron chi connectivity index (χ4n) is 2.98. The Hall–Kier alpha value is -2.52. The number of hydrogen-bond donors (Lipinski definition) is 1. The van der Waals surface area contributed by atoms with Crippen LogP contribution in [0.4, 0.5) is 0 Å². The van der Waals surface area contributed by atoms with E-state index in [1.165, 1.54) is 0 Å². The van der Waals surface area contributed by atoms with Gasteiger partial charge in [0.15, 0.2) is 0 Å². The first-order valence-electron chi connectivity index (χ1n) is 8.21. The summed E-state index contributed by atoms with van der Waals surface area (Å²) in [5.74, 6) is 0.586. The SMILES string of the molecule is Cn1cc(C(=O)NC2CCC(Oc3ccc(C#N)c(Cl)c3)CC2)cn1. The van der Waals surface area contributed by atoms with Crippen LogP contribution in [-0.2, 0) is 7.05 Å². The van der Waals surface area contributed by atoms with Crippen LogP contribution in [0, 0.1) is 11.3 Å². The van der Waals surface area contributed by atoms with Gasteiger partial charge in [-0.15, -0.1) is 0 Å². The third-order valence-corrected chi connectivity index (χ3v) is 4.65. The minimum atomic E-state index is -0.0867. The van der Waals surface area contributed by atoms with Crippen molar-refractivity contribution >= 4 is 17.5 Å². The monoisotopic (exact) mass is 358 g/mol. The molecule has 1 heterocycles. The molecule has 0 bridgehead atoms. The Balaban J connectivity index is 1.49. The van der Waals surface area contributed by atoms with Gasteiger partial charge in [0.1, 0.15) is 11.8 Å². The largest absolute Gasteiger partial charge is 0.490 e. The molecule has 0 aliphatic heterocycles. The molecule has 25 heavy (non-hydrogen) atoms. The second-order valence-corrected chi connectivity index (χ2v) is 6.63. The van der Waals surface area contributed by atoms with E-state index in [4.69, 9.17) is 21.6 Å². The lowest BCUT2D eigenvalue weighted by molar-refractivity contribution is 0.0894. The highest BCUT2D eigenvalue weighted by Gasteiger charge is 2.24. The molecule has 1 aliphatic carbocycles. The number of ether oxygens (including phenoxy) is 1. The van der Waals surface area contributed by atoms with Gasteiger partial charge >= 0.3 is 0 Å². The fourth-order valence-corrected chi connectivity index (χ4v) is 3.20. The van der Waals surface area contributed by atoms with Gasteiger partial charge < -0.3 is 10.1 Å². The molecule has 2 aromatic rings. The summed E-state index contributed by atoms with van der Waals surface area (Å²) < 4.78 is 7.57. The molecule has 1 amide bonds. The highest BCUT2D eigenvalue weighted by molar-refractivity contribution is 6.31. The summed E-state index contributed by atoms with van der Waals surface area (Å²) in [6, 6.07) is 7.29. The molecule has 1 aliphatic rings. The van der Waals surface area contributed by atoms with Gasteiger partial charge in [-0.25, -0.2) is 0 Å². The number of nitrogens with one attached hydrogen (secondary N) is 1. The Labute approximate surface area is 151 Å². The molecule has 0 atom stereocenters. The molecule has 130 valence electrons. The third kappa shape index (κ3) is 4.31. The molecule has 3 rings (SSSR count). The molecule has 1 aromatic heterocycles. The zero-order chi connectivity index (χ0) is 17.8. The van der Waals surface area contributed by atoms with Crippen LogP contribution in [0.2, 0.25) is 5.02 Å². The minimum Gasteiger partial charge on any atom is -0.490 e. The van der Waals surface area contributed by atoms with Gasteiger partial charge in [0, 0.05) is 25.4 Å². The van der Waals surface area contributed by atoms with E-state index in [1.54, 1.807) is 42.3 Å². The van der Waals surface area contributed by atoms with E-state index in [0.29, 0.717) is 21.9 Å². The number of amides is 1. The van der Waals surface area contributed by atoms with Crippen molar-refractivity contribution in [3.05, 3.63) is 46.7 Å². The van der Waals surface area contributed by atoms with Gasteiger partial charge in [0.05, 0.1) is 28.5 Å². The zero-order valence-corrected chi connectivity index (χ0v) is 14.7. The van der Waals surface area contributed by atoms with E-state index in [2.05, 4.69) is 10.4 Å². The van der Waals surface area contributed by atoms with E-state index in [-0.39, 0.29) is 18.1 Å². The number of carbonyl (C=O) groups excluding carboxylic acids is 1. The second kappa shape index (κ2) is 7.58. The molecule has 0 saturated heterocycles. The van der Waals surface area contributed by atoms with Crippen LogP contribution in [0.1, 0.15) is 41.6 Å². The number of carbonyl (C=O) groups is 1. The molecule has 0 unspecified atom stereocenters. The molecule has 0 radical (unpaired) electrons. The number of aryl methyl sites for hydroxylation is 1. The first-order chi connectivity index (χ1) is 12.0. The maximum absolute atomic E-state index is 12.2. The van der Waals surface area contributed by atoms with Crippen molar-refractivity contribution in [3.63, 3.8) is 0 Å². The lowest BCUT2D eigenvalue weighted by atomic mass is 9.92. The molecule has 1 saturated carbocycles. The highest BCUT2D eigenvalue weighted by Crippen LogP contribution is 2.27. The summed E-state index contributed by atoms with van der Waals surface area (Å²) in [6.07, 6.45) is 6.81. The first-order valence-corrected chi connectivity index (χ1v) is 8.59. The van der Waals surface area contributed by atoms with Gasteiger partial charge in [-0.2, -0.15) is 10.4 Å². The Morgan fingerprint density at radius 1 is 1.40 bits per heavy atom. The number of nitriles is 1. The van der Waals surface area contributed by atoms with Crippen molar-refractivity contribution in [2.24, 2.45) is 7.05 Å². The number of hydrogen-bond acceptors (Lipinski definition) is 4. The predicted molar refractivity (Wildman–Crippen MR) is 93.5 cm³/mol.